The highest BCUT2D eigenvalue weighted by molar-refractivity contribution is 5.75. The molecule has 0 atom stereocenters. The molecule has 0 spiro atoms. The average Bonchev–Trinajstić information content (AvgIpc) is 1.91. The van der Waals surface area contributed by atoms with Gasteiger partial charge in [-0.2, -0.15) is 0 Å². The molecular formula is C10H18N2O3. The summed E-state index contributed by atoms with van der Waals surface area (Å²) in [5.74, 6) is 0.0391. The number of amides is 2. The van der Waals surface area contributed by atoms with E-state index in [0.717, 1.165) is 0 Å². The van der Waals surface area contributed by atoms with Crippen molar-refractivity contribution in [3.63, 3.8) is 0 Å². The van der Waals surface area contributed by atoms with Crippen LogP contribution >= 0.6 is 0 Å². The molecule has 2 amide bonds. The van der Waals surface area contributed by atoms with Crippen LogP contribution in [0.1, 0.15) is 27.7 Å². The summed E-state index contributed by atoms with van der Waals surface area (Å²) in [5.41, 5.74) is -0.478. The molecule has 1 heterocycles. The zero-order valence-electron chi connectivity index (χ0n) is 9.66. The van der Waals surface area contributed by atoms with Crippen molar-refractivity contribution in [2.24, 2.45) is 0 Å². The Hall–Kier alpha value is -1.26. The van der Waals surface area contributed by atoms with Gasteiger partial charge in [0.25, 0.3) is 0 Å². The lowest BCUT2D eigenvalue weighted by Gasteiger charge is -2.39. The van der Waals surface area contributed by atoms with E-state index in [4.69, 9.17) is 4.74 Å². The Kier molecular flexibility index (Phi) is 3.21. The number of hydrogen-bond acceptors (Lipinski definition) is 3. The minimum Gasteiger partial charge on any atom is -0.444 e. The number of alkyl carbamates (subject to hydrolysis) is 1. The Morgan fingerprint density at radius 1 is 1.33 bits per heavy atom. The standard InChI is InChI=1S/C10H18N2O3/c1-7(13)12-5-8(6-12)11-9(14)15-10(2,3)4/h8H,5-6H2,1-4H3,(H,11,14). The Morgan fingerprint density at radius 2 is 1.87 bits per heavy atom. The molecular weight excluding hydrogens is 196 g/mol. The summed E-state index contributed by atoms with van der Waals surface area (Å²) in [6, 6.07) is 0.0312. The topological polar surface area (TPSA) is 58.6 Å². The number of carbonyl (C=O) groups excluding carboxylic acids is 2. The van der Waals surface area contributed by atoms with E-state index in [9.17, 15) is 9.59 Å². The number of likely N-dealkylation sites (tertiary alicyclic amines) is 1. The molecule has 1 saturated heterocycles. The fraction of sp³-hybridized carbons (Fsp3) is 0.800. The van der Waals surface area contributed by atoms with Crippen LogP contribution in [0.25, 0.3) is 0 Å². The molecule has 0 radical (unpaired) electrons. The van der Waals surface area contributed by atoms with Crippen LogP contribution in [0.2, 0.25) is 0 Å². The lowest BCUT2D eigenvalue weighted by Crippen LogP contribution is -2.60. The molecule has 0 aromatic carbocycles. The molecule has 0 unspecified atom stereocenters. The summed E-state index contributed by atoms with van der Waals surface area (Å²) in [6.45, 7) is 8.12. The van der Waals surface area contributed by atoms with Crippen LogP contribution in [-0.4, -0.2) is 41.6 Å². The fourth-order valence-electron chi connectivity index (χ4n) is 1.30. The van der Waals surface area contributed by atoms with Gasteiger partial charge >= 0.3 is 6.09 Å². The molecule has 0 bridgehead atoms. The van der Waals surface area contributed by atoms with Crippen molar-refractivity contribution in [2.75, 3.05) is 13.1 Å². The maximum absolute atomic E-state index is 11.3. The molecule has 0 saturated carbocycles. The molecule has 1 N–H and O–H groups in total. The van der Waals surface area contributed by atoms with Gasteiger partial charge in [-0.25, -0.2) is 4.79 Å². The molecule has 0 aromatic heterocycles. The molecule has 0 aromatic rings. The van der Waals surface area contributed by atoms with Crippen molar-refractivity contribution in [1.29, 1.82) is 0 Å². The number of nitrogens with one attached hydrogen (secondary N) is 1. The maximum atomic E-state index is 11.3. The molecule has 1 aliphatic rings. The van der Waals surface area contributed by atoms with Gasteiger partial charge in [0.05, 0.1) is 6.04 Å². The summed E-state index contributed by atoms with van der Waals surface area (Å²) < 4.78 is 5.09. The van der Waals surface area contributed by atoms with Crippen LogP contribution in [0.15, 0.2) is 0 Å². The van der Waals surface area contributed by atoms with E-state index in [2.05, 4.69) is 5.32 Å². The van der Waals surface area contributed by atoms with Crippen molar-refractivity contribution >= 4 is 12.0 Å². The van der Waals surface area contributed by atoms with Crippen LogP contribution in [-0.2, 0) is 9.53 Å². The lowest BCUT2D eigenvalue weighted by molar-refractivity contribution is -0.133. The van der Waals surface area contributed by atoms with Crippen LogP contribution in [0, 0.1) is 0 Å². The Bertz CT molecular complexity index is 264. The third-order valence-corrected chi connectivity index (χ3v) is 2.05. The molecule has 0 aliphatic carbocycles. The maximum Gasteiger partial charge on any atom is 0.407 e. The number of nitrogens with zero attached hydrogens (tertiary/aromatic N) is 1. The van der Waals surface area contributed by atoms with Crippen molar-refractivity contribution in [2.45, 2.75) is 39.3 Å². The molecule has 5 nitrogen and oxygen atoms in total. The first-order chi connectivity index (χ1) is 6.78. The van der Waals surface area contributed by atoms with Gasteiger partial charge in [0.1, 0.15) is 5.60 Å². The van der Waals surface area contributed by atoms with E-state index in [-0.39, 0.29) is 11.9 Å². The molecule has 1 aliphatic heterocycles. The molecule has 86 valence electrons. The lowest BCUT2D eigenvalue weighted by atomic mass is 10.1. The predicted molar refractivity (Wildman–Crippen MR) is 55.4 cm³/mol. The quantitative estimate of drug-likeness (QED) is 0.700. The van der Waals surface area contributed by atoms with Crippen LogP contribution in [0.4, 0.5) is 4.79 Å². The largest absolute Gasteiger partial charge is 0.444 e. The third kappa shape index (κ3) is 3.77. The van der Waals surface area contributed by atoms with E-state index < -0.39 is 11.7 Å². The van der Waals surface area contributed by atoms with E-state index in [0.29, 0.717) is 13.1 Å². The van der Waals surface area contributed by atoms with Crippen molar-refractivity contribution in [1.82, 2.24) is 10.2 Å². The van der Waals surface area contributed by atoms with Crippen molar-refractivity contribution in [3.05, 3.63) is 0 Å². The summed E-state index contributed by atoms with van der Waals surface area (Å²) in [7, 11) is 0. The number of carbonyl (C=O) groups is 2. The highest BCUT2D eigenvalue weighted by Crippen LogP contribution is 2.10. The summed E-state index contributed by atoms with van der Waals surface area (Å²) in [5, 5.41) is 2.70. The Labute approximate surface area is 89.8 Å². The zero-order chi connectivity index (χ0) is 11.6. The average molecular weight is 214 g/mol. The zero-order valence-corrected chi connectivity index (χ0v) is 9.66. The van der Waals surface area contributed by atoms with E-state index >= 15 is 0 Å². The van der Waals surface area contributed by atoms with Gasteiger partial charge in [0, 0.05) is 20.0 Å². The monoisotopic (exact) mass is 214 g/mol. The smallest absolute Gasteiger partial charge is 0.407 e. The van der Waals surface area contributed by atoms with E-state index in [1.54, 1.807) is 4.90 Å². The van der Waals surface area contributed by atoms with Crippen molar-refractivity contribution in [3.8, 4) is 0 Å². The van der Waals surface area contributed by atoms with Crippen LogP contribution in [0.3, 0.4) is 0 Å². The minimum atomic E-state index is -0.478. The Morgan fingerprint density at radius 3 is 2.27 bits per heavy atom. The number of rotatable bonds is 1. The van der Waals surface area contributed by atoms with Gasteiger partial charge in [-0.05, 0) is 20.8 Å². The second kappa shape index (κ2) is 4.08. The van der Waals surface area contributed by atoms with Gasteiger partial charge in [0.2, 0.25) is 5.91 Å². The first kappa shape index (κ1) is 11.8. The second-order valence-electron chi connectivity index (χ2n) is 4.77. The van der Waals surface area contributed by atoms with Gasteiger partial charge in [-0.1, -0.05) is 0 Å². The van der Waals surface area contributed by atoms with Gasteiger partial charge in [-0.15, -0.1) is 0 Å². The van der Waals surface area contributed by atoms with E-state index in [1.807, 2.05) is 20.8 Å². The normalized spacial score (nSPS) is 16.9. The first-order valence-corrected chi connectivity index (χ1v) is 5.03. The highest BCUT2D eigenvalue weighted by atomic mass is 16.6. The molecule has 1 rings (SSSR count). The summed E-state index contributed by atoms with van der Waals surface area (Å²) >= 11 is 0. The predicted octanol–water partition coefficient (Wildman–Crippen LogP) is 0.742. The Balaban J connectivity index is 2.22. The SMILES string of the molecule is CC(=O)N1CC(NC(=O)OC(C)(C)C)C1. The number of hydrogen-bond donors (Lipinski definition) is 1. The first-order valence-electron chi connectivity index (χ1n) is 5.03. The number of ether oxygens (including phenoxy) is 1. The van der Waals surface area contributed by atoms with Gasteiger partial charge in [-0.3, -0.25) is 4.79 Å². The van der Waals surface area contributed by atoms with Crippen LogP contribution < -0.4 is 5.32 Å². The summed E-state index contributed by atoms with van der Waals surface area (Å²) in [6.07, 6.45) is -0.421. The van der Waals surface area contributed by atoms with Crippen LogP contribution in [0.5, 0.6) is 0 Å². The van der Waals surface area contributed by atoms with E-state index in [1.165, 1.54) is 6.92 Å². The molecule has 15 heavy (non-hydrogen) atoms. The minimum absolute atomic E-state index is 0.0312. The molecule has 5 heteroatoms. The van der Waals surface area contributed by atoms with Gasteiger partial charge < -0.3 is 15.0 Å². The van der Waals surface area contributed by atoms with Gasteiger partial charge in [0.15, 0.2) is 0 Å². The third-order valence-electron chi connectivity index (χ3n) is 2.05. The molecule has 1 fully saturated rings. The second-order valence-corrected chi connectivity index (χ2v) is 4.77. The fourth-order valence-corrected chi connectivity index (χ4v) is 1.30. The van der Waals surface area contributed by atoms with Crippen molar-refractivity contribution < 1.29 is 14.3 Å². The highest BCUT2D eigenvalue weighted by Gasteiger charge is 2.30. The summed E-state index contributed by atoms with van der Waals surface area (Å²) in [4.78, 5) is 23.8.